The van der Waals surface area contributed by atoms with E-state index in [9.17, 15) is 9.59 Å². The van der Waals surface area contributed by atoms with Crippen molar-refractivity contribution in [3.05, 3.63) is 50.2 Å². The lowest BCUT2D eigenvalue weighted by atomic mass is 10.1. The number of carbonyl (C=O) groups is 2. The van der Waals surface area contributed by atoms with Gasteiger partial charge in [0.25, 0.3) is 5.91 Å². The lowest BCUT2D eigenvalue weighted by Crippen LogP contribution is -2.22. The van der Waals surface area contributed by atoms with Gasteiger partial charge in [0.05, 0.1) is 18.4 Å². The summed E-state index contributed by atoms with van der Waals surface area (Å²) in [6.07, 6.45) is 1.74. The number of thiophene rings is 1. The summed E-state index contributed by atoms with van der Waals surface area (Å²) in [6.45, 7) is 1.97. The lowest BCUT2D eigenvalue weighted by Gasteiger charge is -2.18. The van der Waals surface area contributed by atoms with Crippen LogP contribution < -0.4 is 10.1 Å². The molecule has 1 aromatic heterocycles. The summed E-state index contributed by atoms with van der Waals surface area (Å²) in [6, 6.07) is 5.23. The number of esters is 1. The zero-order chi connectivity index (χ0) is 17.3. The monoisotopic (exact) mass is 363 g/mol. The third-order valence-electron chi connectivity index (χ3n) is 3.56. The topological polar surface area (TPSA) is 64.6 Å². The summed E-state index contributed by atoms with van der Waals surface area (Å²) < 4.78 is 10.3. The Hall–Kier alpha value is -2.31. The minimum absolute atomic E-state index is 0.150. The molecule has 0 fully saturated rings. The van der Waals surface area contributed by atoms with Crippen LogP contribution in [0.25, 0.3) is 6.08 Å². The first kappa shape index (κ1) is 16.5. The van der Waals surface area contributed by atoms with Crippen molar-refractivity contribution in [3.63, 3.8) is 0 Å². The number of rotatable bonds is 3. The Morgan fingerprint density at radius 3 is 2.92 bits per heavy atom. The number of ether oxygens (including phenoxy) is 2. The number of benzene rings is 1. The van der Waals surface area contributed by atoms with E-state index in [0.29, 0.717) is 26.9 Å². The van der Waals surface area contributed by atoms with Gasteiger partial charge >= 0.3 is 5.97 Å². The second-order valence-electron chi connectivity index (χ2n) is 5.21. The fourth-order valence-corrected chi connectivity index (χ4v) is 3.42. The highest BCUT2D eigenvalue weighted by Crippen LogP contribution is 2.31. The number of nitrogens with one attached hydrogen (secondary N) is 1. The van der Waals surface area contributed by atoms with E-state index in [-0.39, 0.29) is 12.5 Å². The van der Waals surface area contributed by atoms with Gasteiger partial charge in [0.2, 0.25) is 0 Å². The van der Waals surface area contributed by atoms with Crippen LogP contribution >= 0.6 is 22.9 Å². The molecule has 1 aliphatic heterocycles. The maximum atomic E-state index is 12.5. The molecule has 0 bridgehead atoms. The van der Waals surface area contributed by atoms with Gasteiger partial charge in [-0.15, -0.1) is 11.3 Å². The van der Waals surface area contributed by atoms with Gasteiger partial charge in [-0.05, 0) is 42.1 Å². The Bertz CT molecular complexity index is 856. The van der Waals surface area contributed by atoms with E-state index in [0.717, 1.165) is 11.1 Å². The van der Waals surface area contributed by atoms with E-state index in [1.54, 1.807) is 29.7 Å². The van der Waals surface area contributed by atoms with Crippen LogP contribution in [0.1, 0.15) is 20.8 Å². The van der Waals surface area contributed by atoms with Crippen LogP contribution in [0.5, 0.6) is 5.75 Å². The van der Waals surface area contributed by atoms with Crippen LogP contribution in [0.15, 0.2) is 29.2 Å². The molecule has 1 aromatic carbocycles. The van der Waals surface area contributed by atoms with Crippen LogP contribution in [0.2, 0.25) is 5.02 Å². The van der Waals surface area contributed by atoms with Crippen molar-refractivity contribution in [2.24, 2.45) is 0 Å². The maximum Gasteiger partial charge on any atom is 0.350 e. The predicted octanol–water partition coefficient (Wildman–Crippen LogP) is 3.91. The summed E-state index contributed by atoms with van der Waals surface area (Å²) in [7, 11) is 1.31. The molecule has 0 aliphatic carbocycles. The van der Waals surface area contributed by atoms with Crippen molar-refractivity contribution in [2.75, 3.05) is 19.0 Å². The van der Waals surface area contributed by atoms with E-state index < -0.39 is 5.97 Å². The SMILES string of the molecule is COC(=O)c1scc(C)c1NC(=O)C1=Cc2cc(Cl)ccc2OC1. The molecule has 1 N–H and O–H groups in total. The fraction of sp³-hybridized carbons (Fsp3) is 0.176. The first-order chi connectivity index (χ1) is 11.5. The molecule has 1 amide bonds. The van der Waals surface area contributed by atoms with Crippen molar-refractivity contribution < 1.29 is 19.1 Å². The van der Waals surface area contributed by atoms with Gasteiger partial charge in [0, 0.05) is 10.6 Å². The largest absolute Gasteiger partial charge is 0.488 e. The Kier molecular flexibility index (Phi) is 4.59. The summed E-state index contributed by atoms with van der Waals surface area (Å²) >= 11 is 7.21. The molecule has 0 saturated carbocycles. The first-order valence-electron chi connectivity index (χ1n) is 7.10. The Morgan fingerprint density at radius 2 is 2.17 bits per heavy atom. The van der Waals surface area contributed by atoms with Gasteiger partial charge in [-0.1, -0.05) is 11.6 Å². The number of hydrogen-bond donors (Lipinski definition) is 1. The minimum atomic E-state index is -0.477. The van der Waals surface area contributed by atoms with Gasteiger partial charge in [0.15, 0.2) is 0 Å². The van der Waals surface area contributed by atoms with Gasteiger partial charge < -0.3 is 14.8 Å². The van der Waals surface area contributed by atoms with E-state index in [4.69, 9.17) is 21.1 Å². The van der Waals surface area contributed by atoms with Gasteiger partial charge in [-0.3, -0.25) is 4.79 Å². The van der Waals surface area contributed by atoms with Crippen molar-refractivity contribution in [1.29, 1.82) is 0 Å². The summed E-state index contributed by atoms with van der Waals surface area (Å²) in [5.41, 5.74) is 2.46. The normalized spacial score (nSPS) is 12.7. The Morgan fingerprint density at radius 1 is 1.38 bits per heavy atom. The smallest absolute Gasteiger partial charge is 0.350 e. The quantitative estimate of drug-likeness (QED) is 0.840. The summed E-state index contributed by atoms with van der Waals surface area (Å²) in [5, 5.41) is 5.14. The maximum absolute atomic E-state index is 12.5. The number of halogens is 1. The molecule has 124 valence electrons. The highest BCUT2D eigenvalue weighted by Gasteiger charge is 2.22. The standard InChI is InChI=1S/C17H14ClNO4S/c1-9-8-24-15(17(21)22-2)14(9)19-16(20)11-5-10-6-12(18)3-4-13(10)23-7-11/h3-6,8H,7H2,1-2H3,(H,19,20). The third kappa shape index (κ3) is 3.16. The van der Waals surface area contributed by atoms with E-state index in [2.05, 4.69) is 5.32 Å². The molecule has 5 nitrogen and oxygen atoms in total. The fourth-order valence-electron chi connectivity index (χ4n) is 2.32. The van der Waals surface area contributed by atoms with Gasteiger partial charge in [-0.2, -0.15) is 0 Å². The molecular formula is C17H14ClNO4S. The van der Waals surface area contributed by atoms with E-state index in [1.807, 2.05) is 6.92 Å². The number of aryl methyl sites for hydroxylation is 1. The van der Waals surface area contributed by atoms with Crippen molar-refractivity contribution in [3.8, 4) is 5.75 Å². The molecule has 7 heteroatoms. The molecule has 0 radical (unpaired) electrons. The van der Waals surface area contributed by atoms with Crippen LogP contribution in [-0.2, 0) is 9.53 Å². The van der Waals surface area contributed by atoms with Crippen LogP contribution in [0.4, 0.5) is 5.69 Å². The number of amides is 1. The zero-order valence-corrected chi connectivity index (χ0v) is 14.6. The van der Waals surface area contributed by atoms with Crippen LogP contribution in [-0.4, -0.2) is 25.6 Å². The molecular weight excluding hydrogens is 350 g/mol. The number of anilines is 1. The molecule has 2 heterocycles. The van der Waals surface area contributed by atoms with Gasteiger partial charge in [-0.25, -0.2) is 4.79 Å². The number of carbonyl (C=O) groups excluding carboxylic acids is 2. The van der Waals surface area contributed by atoms with Crippen LogP contribution in [0.3, 0.4) is 0 Å². The molecule has 3 rings (SSSR count). The Labute approximate surface area is 147 Å². The molecule has 1 aliphatic rings. The minimum Gasteiger partial charge on any atom is -0.488 e. The molecule has 24 heavy (non-hydrogen) atoms. The number of fused-ring (bicyclic) bond motifs is 1. The number of methoxy groups -OCH3 is 1. The average molecular weight is 364 g/mol. The first-order valence-corrected chi connectivity index (χ1v) is 8.36. The molecule has 0 unspecified atom stereocenters. The summed E-state index contributed by atoms with van der Waals surface area (Å²) in [4.78, 5) is 24.7. The average Bonchev–Trinajstić information content (AvgIpc) is 2.94. The highest BCUT2D eigenvalue weighted by atomic mass is 35.5. The second kappa shape index (κ2) is 6.67. The molecule has 2 aromatic rings. The van der Waals surface area contributed by atoms with Crippen molar-refractivity contribution >= 4 is 46.6 Å². The van der Waals surface area contributed by atoms with E-state index >= 15 is 0 Å². The van der Waals surface area contributed by atoms with E-state index in [1.165, 1.54) is 18.4 Å². The Balaban J connectivity index is 1.87. The lowest BCUT2D eigenvalue weighted by molar-refractivity contribution is -0.113. The predicted molar refractivity (Wildman–Crippen MR) is 93.9 cm³/mol. The zero-order valence-electron chi connectivity index (χ0n) is 13.0. The van der Waals surface area contributed by atoms with Crippen molar-refractivity contribution in [2.45, 2.75) is 6.92 Å². The molecule has 0 spiro atoms. The second-order valence-corrected chi connectivity index (χ2v) is 6.53. The van der Waals surface area contributed by atoms with Gasteiger partial charge in [0.1, 0.15) is 17.2 Å². The summed E-state index contributed by atoms with van der Waals surface area (Å²) in [5.74, 6) is -0.125. The highest BCUT2D eigenvalue weighted by molar-refractivity contribution is 7.12. The van der Waals surface area contributed by atoms with Crippen LogP contribution in [0, 0.1) is 6.92 Å². The number of hydrogen-bond acceptors (Lipinski definition) is 5. The van der Waals surface area contributed by atoms with Crippen molar-refractivity contribution in [1.82, 2.24) is 0 Å². The molecule has 0 atom stereocenters. The molecule has 0 saturated heterocycles. The third-order valence-corrected chi connectivity index (χ3v) is 4.87.